The summed E-state index contributed by atoms with van der Waals surface area (Å²) >= 11 is 0. The maximum atomic E-state index is 13.0. The molecule has 0 spiro atoms. The third-order valence-corrected chi connectivity index (χ3v) is 4.76. The van der Waals surface area contributed by atoms with Crippen LogP contribution < -0.4 is 16.4 Å². The molecule has 2 saturated carbocycles. The van der Waals surface area contributed by atoms with Gasteiger partial charge in [-0.25, -0.2) is 4.98 Å². The number of hydrogen-bond acceptors (Lipinski definition) is 6. The van der Waals surface area contributed by atoms with Gasteiger partial charge < -0.3 is 16.4 Å². The van der Waals surface area contributed by atoms with Crippen LogP contribution in [-0.2, 0) is 11.0 Å². The number of nitrogens with zero attached hydrogens (tertiary/aromatic N) is 4. The first-order valence-corrected chi connectivity index (χ1v) is 8.55. The maximum Gasteiger partial charge on any atom is 0.421 e. The second kappa shape index (κ2) is 6.10. The molecule has 8 nitrogen and oxygen atoms in total. The smallest absolute Gasteiger partial charge is 0.372 e. The normalized spacial score (nSPS) is 21.8. The van der Waals surface area contributed by atoms with Gasteiger partial charge in [-0.15, -0.1) is 0 Å². The van der Waals surface area contributed by atoms with Gasteiger partial charge in [0.25, 0.3) is 0 Å². The zero-order chi connectivity index (χ0) is 19.3. The summed E-state index contributed by atoms with van der Waals surface area (Å²) in [5, 5.41) is 9.97. The van der Waals surface area contributed by atoms with Crippen molar-refractivity contribution in [2.75, 3.05) is 17.7 Å². The second-order valence-electron chi connectivity index (χ2n) is 6.82. The average molecular weight is 381 g/mol. The number of carbonyl (C=O) groups is 1. The molecule has 2 aromatic rings. The van der Waals surface area contributed by atoms with Crippen molar-refractivity contribution in [1.82, 2.24) is 19.7 Å². The fourth-order valence-electron chi connectivity index (χ4n) is 3.07. The molecule has 2 atom stereocenters. The Balaban J connectivity index is 1.61. The Morgan fingerprint density at radius 2 is 2.11 bits per heavy atom. The van der Waals surface area contributed by atoms with Crippen molar-refractivity contribution in [2.24, 2.45) is 11.7 Å². The lowest BCUT2D eigenvalue weighted by atomic mass is 10.2. The zero-order valence-electron chi connectivity index (χ0n) is 14.4. The molecule has 144 valence electrons. The number of amides is 1. The molecule has 0 aromatic carbocycles. The minimum Gasteiger partial charge on any atom is -0.372 e. The number of rotatable bonds is 6. The lowest BCUT2D eigenvalue weighted by Gasteiger charge is -2.12. The molecule has 11 heteroatoms. The molecule has 0 saturated heterocycles. The summed E-state index contributed by atoms with van der Waals surface area (Å²) in [5.74, 6) is -0.573. The van der Waals surface area contributed by atoms with Gasteiger partial charge >= 0.3 is 6.18 Å². The first-order valence-electron chi connectivity index (χ1n) is 8.55. The van der Waals surface area contributed by atoms with E-state index in [4.69, 9.17) is 5.73 Å². The van der Waals surface area contributed by atoms with Crippen molar-refractivity contribution >= 4 is 23.4 Å². The molecule has 4 N–H and O–H groups in total. The average Bonchev–Trinajstić information content (AvgIpc) is 3.52. The zero-order valence-corrected chi connectivity index (χ0v) is 14.4. The van der Waals surface area contributed by atoms with Crippen molar-refractivity contribution in [1.29, 1.82) is 0 Å². The molecule has 0 radical (unpaired) electrons. The molecule has 27 heavy (non-hydrogen) atoms. The van der Waals surface area contributed by atoms with E-state index in [1.165, 1.54) is 7.05 Å². The van der Waals surface area contributed by atoms with E-state index in [0.717, 1.165) is 24.7 Å². The molecule has 0 aliphatic heterocycles. The number of anilines is 3. The Bertz CT molecular complexity index is 891. The van der Waals surface area contributed by atoms with Crippen molar-refractivity contribution in [2.45, 2.75) is 37.4 Å². The predicted molar refractivity (Wildman–Crippen MR) is 90.4 cm³/mol. The van der Waals surface area contributed by atoms with Crippen molar-refractivity contribution in [3.63, 3.8) is 0 Å². The van der Waals surface area contributed by atoms with Crippen molar-refractivity contribution < 1.29 is 18.0 Å². The molecule has 2 fully saturated rings. The van der Waals surface area contributed by atoms with E-state index >= 15 is 0 Å². The molecule has 4 rings (SSSR count). The molecule has 0 bridgehead atoms. The van der Waals surface area contributed by atoms with E-state index in [1.807, 2.05) is 0 Å². The Morgan fingerprint density at radius 1 is 1.37 bits per heavy atom. The van der Waals surface area contributed by atoms with E-state index < -0.39 is 11.7 Å². The van der Waals surface area contributed by atoms with Gasteiger partial charge in [-0.05, 0) is 19.3 Å². The maximum absolute atomic E-state index is 13.0. The van der Waals surface area contributed by atoms with Crippen LogP contribution in [0.4, 0.5) is 30.6 Å². The molecule has 2 heterocycles. The summed E-state index contributed by atoms with van der Waals surface area (Å²) in [6, 6.07) is -0.0723. The molecular formula is C16H18F3N7O. The molecular weight excluding hydrogens is 363 g/mol. The Hall–Kier alpha value is -2.85. The van der Waals surface area contributed by atoms with E-state index in [1.54, 1.807) is 10.9 Å². The monoisotopic (exact) mass is 381 g/mol. The molecule has 1 unspecified atom stereocenters. The number of hydrogen-bond donors (Lipinski definition) is 3. The number of nitrogens with two attached hydrogens (primary N) is 1. The Labute approximate surface area is 152 Å². The van der Waals surface area contributed by atoms with E-state index in [2.05, 4.69) is 25.7 Å². The molecule has 1 amide bonds. The number of carbonyl (C=O) groups excluding carboxylic acids is 1. The minimum atomic E-state index is -4.54. The van der Waals surface area contributed by atoms with Gasteiger partial charge in [-0.1, -0.05) is 0 Å². The minimum absolute atomic E-state index is 0.0380. The van der Waals surface area contributed by atoms with Crippen LogP contribution >= 0.6 is 0 Å². The van der Waals surface area contributed by atoms with Gasteiger partial charge in [0.15, 0.2) is 0 Å². The fraction of sp³-hybridized carbons (Fsp3) is 0.500. The standard InChI is InChI=1S/C16H18F3N7O/c1-21-14-9(16(17,18)19)5-22-15(24-14)23-10-6-26(11-4-8(11)13(20)27)25-12(10)7-2-3-7/h5-8,11H,2-4H2,1H3,(H2,20,27)(H2,21,22,23,24)/t8-,11?/m0/s1. The highest BCUT2D eigenvalue weighted by Gasteiger charge is 2.45. The summed E-state index contributed by atoms with van der Waals surface area (Å²) < 4.78 is 40.6. The van der Waals surface area contributed by atoms with Crippen LogP contribution in [0.15, 0.2) is 12.4 Å². The van der Waals surface area contributed by atoms with Crippen LogP contribution in [0.5, 0.6) is 0 Å². The highest BCUT2D eigenvalue weighted by molar-refractivity contribution is 5.80. The van der Waals surface area contributed by atoms with Gasteiger partial charge in [0.1, 0.15) is 11.4 Å². The quantitative estimate of drug-likeness (QED) is 0.709. The Morgan fingerprint density at radius 3 is 2.67 bits per heavy atom. The fourth-order valence-corrected chi connectivity index (χ4v) is 3.07. The van der Waals surface area contributed by atoms with Crippen molar-refractivity contribution in [3.8, 4) is 0 Å². The SMILES string of the molecule is CNc1nc(Nc2cn(C3C[C@@H]3C(N)=O)nc2C2CC2)ncc1C(F)(F)F. The molecule has 2 aliphatic carbocycles. The van der Waals surface area contributed by atoms with E-state index in [9.17, 15) is 18.0 Å². The van der Waals surface area contributed by atoms with Gasteiger partial charge in [-0.3, -0.25) is 9.48 Å². The van der Waals surface area contributed by atoms with Crippen LogP contribution in [0.1, 0.15) is 42.5 Å². The first-order chi connectivity index (χ1) is 12.8. The lowest BCUT2D eigenvalue weighted by molar-refractivity contribution is -0.137. The van der Waals surface area contributed by atoms with E-state index in [0.29, 0.717) is 12.1 Å². The summed E-state index contributed by atoms with van der Waals surface area (Å²) in [6.45, 7) is 0. The van der Waals surface area contributed by atoms with Crippen LogP contribution in [-0.4, -0.2) is 32.7 Å². The summed E-state index contributed by atoms with van der Waals surface area (Å²) in [6.07, 6.45) is 0.558. The van der Waals surface area contributed by atoms with Gasteiger partial charge in [-0.2, -0.15) is 23.3 Å². The number of halogens is 3. The third-order valence-electron chi connectivity index (χ3n) is 4.76. The third kappa shape index (κ3) is 3.40. The second-order valence-corrected chi connectivity index (χ2v) is 6.82. The molecule has 2 aliphatic rings. The van der Waals surface area contributed by atoms with E-state index in [-0.39, 0.29) is 35.6 Å². The van der Waals surface area contributed by atoms with Gasteiger partial charge in [0.05, 0.1) is 23.3 Å². The molecule has 2 aromatic heterocycles. The number of primary amides is 1. The predicted octanol–water partition coefficient (Wildman–Crippen LogP) is 2.40. The highest BCUT2D eigenvalue weighted by atomic mass is 19.4. The summed E-state index contributed by atoms with van der Waals surface area (Å²) in [7, 11) is 1.37. The number of aromatic nitrogens is 4. The van der Waals surface area contributed by atoms with Crippen LogP contribution in [0, 0.1) is 5.92 Å². The number of nitrogens with one attached hydrogen (secondary N) is 2. The highest BCUT2D eigenvalue weighted by Crippen LogP contribution is 2.47. The topological polar surface area (TPSA) is 111 Å². The van der Waals surface area contributed by atoms with Crippen LogP contribution in [0.3, 0.4) is 0 Å². The van der Waals surface area contributed by atoms with Crippen LogP contribution in [0.25, 0.3) is 0 Å². The summed E-state index contributed by atoms with van der Waals surface area (Å²) in [4.78, 5) is 19.0. The number of alkyl halides is 3. The van der Waals surface area contributed by atoms with Gasteiger partial charge in [0.2, 0.25) is 11.9 Å². The first kappa shape index (κ1) is 17.6. The Kier molecular flexibility index (Phi) is 3.97. The summed E-state index contributed by atoms with van der Waals surface area (Å²) in [5.41, 5.74) is 5.84. The van der Waals surface area contributed by atoms with Crippen LogP contribution in [0.2, 0.25) is 0 Å². The van der Waals surface area contributed by atoms with Crippen molar-refractivity contribution in [3.05, 3.63) is 23.7 Å². The van der Waals surface area contributed by atoms with Gasteiger partial charge in [0, 0.05) is 25.4 Å². The lowest BCUT2D eigenvalue weighted by Crippen LogP contribution is -2.15. The largest absolute Gasteiger partial charge is 0.421 e.